The largest absolute Gasteiger partial charge is 0.0955 e. The molecule has 0 saturated heterocycles. The van der Waals surface area contributed by atoms with E-state index in [0.717, 1.165) is 4.91 Å². The van der Waals surface area contributed by atoms with Crippen molar-refractivity contribution >= 4 is 11.8 Å². The third-order valence-corrected chi connectivity index (χ3v) is 2.17. The standard InChI is InChI=1S/C10H12S/c1-8(2)11-10-6-4-9(3)5-7-10/h4-7H,1H2,2-3H3. The van der Waals surface area contributed by atoms with Crippen molar-refractivity contribution in [1.29, 1.82) is 0 Å². The molecule has 1 aromatic carbocycles. The summed E-state index contributed by atoms with van der Waals surface area (Å²) in [6.07, 6.45) is 0. The lowest BCUT2D eigenvalue weighted by Crippen LogP contribution is -1.72. The van der Waals surface area contributed by atoms with Gasteiger partial charge in [0.1, 0.15) is 0 Å². The van der Waals surface area contributed by atoms with Crippen LogP contribution in [0.2, 0.25) is 0 Å². The van der Waals surface area contributed by atoms with E-state index in [0.29, 0.717) is 0 Å². The predicted octanol–water partition coefficient (Wildman–Crippen LogP) is 3.62. The van der Waals surface area contributed by atoms with Gasteiger partial charge in [0.05, 0.1) is 0 Å². The summed E-state index contributed by atoms with van der Waals surface area (Å²) >= 11 is 1.71. The lowest BCUT2D eigenvalue weighted by Gasteiger charge is -1.99. The van der Waals surface area contributed by atoms with Crippen molar-refractivity contribution in [2.75, 3.05) is 0 Å². The predicted molar refractivity (Wildman–Crippen MR) is 51.9 cm³/mol. The maximum absolute atomic E-state index is 3.84. The van der Waals surface area contributed by atoms with Gasteiger partial charge in [0.2, 0.25) is 0 Å². The van der Waals surface area contributed by atoms with Gasteiger partial charge in [-0.1, -0.05) is 36.0 Å². The quantitative estimate of drug-likeness (QED) is 0.601. The Kier molecular flexibility index (Phi) is 2.77. The van der Waals surface area contributed by atoms with Gasteiger partial charge in [-0.05, 0) is 30.9 Å². The Labute approximate surface area is 72.3 Å². The molecule has 0 heterocycles. The first-order chi connectivity index (χ1) is 5.18. The van der Waals surface area contributed by atoms with E-state index in [-0.39, 0.29) is 0 Å². The van der Waals surface area contributed by atoms with E-state index in [4.69, 9.17) is 0 Å². The Bertz CT molecular complexity index is 246. The molecule has 0 aromatic heterocycles. The number of allylic oxidation sites excluding steroid dienone is 1. The van der Waals surface area contributed by atoms with Crippen LogP contribution in [0.25, 0.3) is 0 Å². The van der Waals surface area contributed by atoms with Crippen molar-refractivity contribution in [2.45, 2.75) is 18.7 Å². The van der Waals surface area contributed by atoms with Crippen LogP contribution in [-0.4, -0.2) is 0 Å². The van der Waals surface area contributed by atoms with Gasteiger partial charge in [-0.2, -0.15) is 0 Å². The summed E-state index contributed by atoms with van der Waals surface area (Å²) in [5.74, 6) is 0. The SMILES string of the molecule is C=C(C)Sc1ccc(C)cc1. The van der Waals surface area contributed by atoms with Crippen molar-refractivity contribution in [1.82, 2.24) is 0 Å². The van der Waals surface area contributed by atoms with Crippen LogP contribution in [-0.2, 0) is 0 Å². The number of benzene rings is 1. The van der Waals surface area contributed by atoms with E-state index < -0.39 is 0 Å². The molecule has 58 valence electrons. The van der Waals surface area contributed by atoms with Gasteiger partial charge in [0.15, 0.2) is 0 Å². The number of aryl methyl sites for hydroxylation is 1. The van der Waals surface area contributed by atoms with Gasteiger partial charge in [-0.3, -0.25) is 0 Å². The molecule has 0 aliphatic carbocycles. The Morgan fingerprint density at radius 2 is 1.82 bits per heavy atom. The molecule has 1 rings (SSSR count). The minimum absolute atomic E-state index is 1.13. The molecule has 0 bridgehead atoms. The Morgan fingerprint density at radius 1 is 1.27 bits per heavy atom. The van der Waals surface area contributed by atoms with Crippen molar-refractivity contribution in [3.05, 3.63) is 41.3 Å². The smallest absolute Gasteiger partial charge is 0.0118 e. The highest BCUT2D eigenvalue weighted by Crippen LogP contribution is 2.24. The van der Waals surface area contributed by atoms with E-state index in [1.165, 1.54) is 10.5 Å². The van der Waals surface area contributed by atoms with Gasteiger partial charge in [0.25, 0.3) is 0 Å². The fourth-order valence-electron chi connectivity index (χ4n) is 0.807. The minimum atomic E-state index is 1.13. The van der Waals surface area contributed by atoms with Crippen LogP contribution in [0.3, 0.4) is 0 Å². The summed E-state index contributed by atoms with van der Waals surface area (Å²) in [6, 6.07) is 8.47. The van der Waals surface area contributed by atoms with E-state index in [1.54, 1.807) is 11.8 Å². The van der Waals surface area contributed by atoms with Gasteiger partial charge >= 0.3 is 0 Å². The highest BCUT2D eigenvalue weighted by atomic mass is 32.2. The number of thioether (sulfide) groups is 1. The number of rotatable bonds is 2. The highest BCUT2D eigenvalue weighted by molar-refractivity contribution is 8.03. The van der Waals surface area contributed by atoms with Crippen LogP contribution in [0.15, 0.2) is 40.6 Å². The molecule has 0 saturated carbocycles. The van der Waals surface area contributed by atoms with Crippen molar-refractivity contribution in [2.24, 2.45) is 0 Å². The van der Waals surface area contributed by atoms with Crippen LogP contribution in [0, 0.1) is 6.92 Å². The first-order valence-corrected chi connectivity index (χ1v) is 4.40. The normalized spacial score (nSPS) is 9.64. The summed E-state index contributed by atoms with van der Waals surface area (Å²) in [7, 11) is 0. The zero-order valence-corrected chi connectivity index (χ0v) is 7.74. The average Bonchev–Trinajstić information content (AvgIpc) is 1.93. The molecule has 1 heteroatoms. The third kappa shape index (κ3) is 2.81. The van der Waals surface area contributed by atoms with Gasteiger partial charge in [-0.25, -0.2) is 0 Å². The van der Waals surface area contributed by atoms with Crippen LogP contribution in [0.4, 0.5) is 0 Å². The van der Waals surface area contributed by atoms with Crippen molar-refractivity contribution < 1.29 is 0 Å². The third-order valence-electron chi connectivity index (χ3n) is 1.31. The molecule has 0 unspecified atom stereocenters. The Hall–Kier alpha value is -0.690. The molecule has 0 atom stereocenters. The molecule has 0 N–H and O–H groups in total. The topological polar surface area (TPSA) is 0 Å². The van der Waals surface area contributed by atoms with Crippen LogP contribution in [0.5, 0.6) is 0 Å². The second-order valence-electron chi connectivity index (χ2n) is 2.62. The maximum atomic E-state index is 3.84. The molecule has 1 aromatic rings. The van der Waals surface area contributed by atoms with Crippen LogP contribution < -0.4 is 0 Å². The summed E-state index contributed by atoms with van der Waals surface area (Å²) < 4.78 is 0. The van der Waals surface area contributed by atoms with Gasteiger partial charge in [0, 0.05) is 4.90 Å². The lowest BCUT2D eigenvalue weighted by atomic mass is 10.2. The second kappa shape index (κ2) is 3.63. The number of hydrogen-bond donors (Lipinski definition) is 0. The maximum Gasteiger partial charge on any atom is 0.0118 e. The fraction of sp³-hybridized carbons (Fsp3) is 0.200. The molecule has 0 radical (unpaired) electrons. The molecule has 0 aliphatic rings. The minimum Gasteiger partial charge on any atom is -0.0955 e. The van der Waals surface area contributed by atoms with E-state index in [9.17, 15) is 0 Å². The van der Waals surface area contributed by atoms with Crippen molar-refractivity contribution in [3.8, 4) is 0 Å². The van der Waals surface area contributed by atoms with Crippen LogP contribution in [0.1, 0.15) is 12.5 Å². The molecule has 0 spiro atoms. The molecule has 11 heavy (non-hydrogen) atoms. The van der Waals surface area contributed by atoms with Gasteiger partial charge < -0.3 is 0 Å². The molecular weight excluding hydrogens is 152 g/mol. The molecule has 0 fully saturated rings. The van der Waals surface area contributed by atoms with Crippen LogP contribution >= 0.6 is 11.8 Å². The second-order valence-corrected chi connectivity index (χ2v) is 3.99. The lowest BCUT2D eigenvalue weighted by molar-refractivity contribution is 1.38. The summed E-state index contributed by atoms with van der Waals surface area (Å²) in [5, 5.41) is 0. The number of hydrogen-bond acceptors (Lipinski definition) is 1. The first kappa shape index (κ1) is 8.41. The first-order valence-electron chi connectivity index (χ1n) is 3.58. The molecular formula is C10H12S. The zero-order chi connectivity index (χ0) is 8.27. The molecule has 0 aliphatic heterocycles. The van der Waals surface area contributed by atoms with E-state index in [2.05, 4.69) is 37.8 Å². The summed E-state index contributed by atoms with van der Waals surface area (Å²) in [6.45, 7) is 7.95. The Morgan fingerprint density at radius 3 is 2.27 bits per heavy atom. The monoisotopic (exact) mass is 164 g/mol. The van der Waals surface area contributed by atoms with E-state index >= 15 is 0 Å². The van der Waals surface area contributed by atoms with E-state index in [1.807, 2.05) is 6.92 Å². The molecule has 0 nitrogen and oxygen atoms in total. The van der Waals surface area contributed by atoms with Gasteiger partial charge in [-0.15, -0.1) is 0 Å². The Balaban J connectivity index is 2.74. The molecule has 0 amide bonds. The van der Waals surface area contributed by atoms with Crippen molar-refractivity contribution in [3.63, 3.8) is 0 Å². The zero-order valence-electron chi connectivity index (χ0n) is 6.92. The summed E-state index contributed by atoms with van der Waals surface area (Å²) in [4.78, 5) is 2.40. The summed E-state index contributed by atoms with van der Waals surface area (Å²) in [5.41, 5.74) is 1.30. The average molecular weight is 164 g/mol. The highest BCUT2D eigenvalue weighted by Gasteiger charge is 1.91. The fourth-order valence-corrected chi connectivity index (χ4v) is 1.48.